The lowest BCUT2D eigenvalue weighted by atomic mass is 9.99. The number of aryl methyl sites for hydroxylation is 2. The van der Waals surface area contributed by atoms with Crippen molar-refractivity contribution in [2.45, 2.75) is 38.7 Å². The van der Waals surface area contributed by atoms with E-state index in [1.807, 2.05) is 18.2 Å². The Morgan fingerprint density at radius 1 is 1.05 bits per heavy atom. The molecule has 0 bridgehead atoms. The summed E-state index contributed by atoms with van der Waals surface area (Å²) < 4.78 is 0. The monoisotopic (exact) mass is 555 g/mol. The molecule has 1 aliphatic carbocycles. The summed E-state index contributed by atoms with van der Waals surface area (Å²) >= 11 is 1.56. The molecule has 0 unspecified atom stereocenters. The summed E-state index contributed by atoms with van der Waals surface area (Å²) in [4.78, 5) is 30.9. The Labute approximate surface area is 237 Å². The van der Waals surface area contributed by atoms with Crippen LogP contribution in [0.5, 0.6) is 0 Å². The lowest BCUT2D eigenvalue weighted by molar-refractivity contribution is 0.103. The summed E-state index contributed by atoms with van der Waals surface area (Å²) in [6.07, 6.45) is 4.90. The van der Waals surface area contributed by atoms with Gasteiger partial charge >= 0.3 is 0 Å². The summed E-state index contributed by atoms with van der Waals surface area (Å²) in [6, 6.07) is 15.9. The molecule has 0 radical (unpaired) electrons. The van der Waals surface area contributed by atoms with Gasteiger partial charge in [-0.15, -0.1) is 11.3 Å². The molecule has 1 fully saturated rings. The molecule has 4 aromatic rings. The van der Waals surface area contributed by atoms with E-state index in [2.05, 4.69) is 49.8 Å². The molecular weight excluding hydrogens is 522 g/mol. The third-order valence-electron chi connectivity index (χ3n) is 7.52. The molecule has 6 rings (SSSR count). The van der Waals surface area contributed by atoms with Gasteiger partial charge in [-0.1, -0.05) is 24.3 Å². The second-order valence-electron chi connectivity index (χ2n) is 10.2. The number of aliphatic hydroxyl groups is 1. The molecule has 0 atom stereocenters. The first kappa shape index (κ1) is 26.4. The number of aromatic nitrogens is 3. The van der Waals surface area contributed by atoms with Crippen LogP contribution in [0.4, 0.5) is 17.3 Å². The zero-order chi connectivity index (χ0) is 27.5. The van der Waals surface area contributed by atoms with Crippen molar-refractivity contribution in [1.29, 1.82) is 0 Å². The number of hydrogen-bond donors (Lipinski definition) is 4. The molecule has 10 heteroatoms. The van der Waals surface area contributed by atoms with Crippen LogP contribution in [0.15, 0.2) is 48.5 Å². The van der Waals surface area contributed by atoms with Gasteiger partial charge < -0.3 is 26.4 Å². The minimum absolute atomic E-state index is 0.111. The number of aliphatic hydroxyl groups excluding tert-OH is 1. The summed E-state index contributed by atoms with van der Waals surface area (Å²) in [5.41, 5.74) is 11.3. The number of nitrogens with two attached hydrogens (primary N) is 1. The van der Waals surface area contributed by atoms with Crippen LogP contribution in [-0.2, 0) is 25.9 Å². The molecule has 0 spiro atoms. The fourth-order valence-corrected chi connectivity index (χ4v) is 6.59. The maximum atomic E-state index is 13.1. The van der Waals surface area contributed by atoms with E-state index in [1.165, 1.54) is 29.0 Å². The van der Waals surface area contributed by atoms with Gasteiger partial charge in [-0.05, 0) is 61.1 Å². The second kappa shape index (κ2) is 11.7. The van der Waals surface area contributed by atoms with E-state index in [1.54, 1.807) is 17.4 Å². The standard InChI is InChI=1S/C30H33N7O2S/c31-30-35-27(16-19-8-10-21(11-9-19)37-14-12-32-13-15-37)34-28(36-30)22-5-3-6-24(23(22)18-38)33-29(39)26-17-20-4-1-2-7-25(20)40-26/h3,5-6,8-11,17,32,38H,1-2,4,7,12-16,18H2,(H,33,39)(H2,31,34,35,36). The number of carbonyl (C=O) groups is 1. The first-order valence-electron chi connectivity index (χ1n) is 13.8. The molecule has 1 aliphatic heterocycles. The fourth-order valence-electron chi connectivity index (χ4n) is 5.44. The van der Waals surface area contributed by atoms with Gasteiger partial charge in [-0.3, -0.25) is 4.79 Å². The lowest BCUT2D eigenvalue weighted by Gasteiger charge is -2.29. The van der Waals surface area contributed by atoms with E-state index < -0.39 is 0 Å². The van der Waals surface area contributed by atoms with E-state index in [-0.39, 0.29) is 18.5 Å². The van der Waals surface area contributed by atoms with Gasteiger partial charge in [-0.2, -0.15) is 9.97 Å². The van der Waals surface area contributed by atoms with Crippen molar-refractivity contribution in [3.05, 3.63) is 80.8 Å². The summed E-state index contributed by atoms with van der Waals surface area (Å²) in [6.45, 7) is 3.68. The Morgan fingerprint density at radius 2 is 1.85 bits per heavy atom. The van der Waals surface area contributed by atoms with Crippen molar-refractivity contribution in [2.24, 2.45) is 0 Å². The maximum absolute atomic E-state index is 13.1. The average Bonchev–Trinajstić information content (AvgIpc) is 3.42. The predicted molar refractivity (Wildman–Crippen MR) is 159 cm³/mol. The van der Waals surface area contributed by atoms with Gasteiger partial charge in [0.05, 0.1) is 11.5 Å². The SMILES string of the molecule is Nc1nc(Cc2ccc(N3CCNCC3)cc2)nc(-c2cccc(NC(=O)c3cc4c(s3)CCCC4)c2CO)n1. The van der Waals surface area contributed by atoms with Crippen LogP contribution < -0.4 is 21.3 Å². The van der Waals surface area contributed by atoms with Gasteiger partial charge in [0.25, 0.3) is 5.91 Å². The van der Waals surface area contributed by atoms with Crippen molar-refractivity contribution >= 4 is 34.6 Å². The van der Waals surface area contributed by atoms with Crippen molar-refractivity contribution in [3.63, 3.8) is 0 Å². The van der Waals surface area contributed by atoms with Gasteiger partial charge in [0, 0.05) is 60.0 Å². The number of anilines is 3. The second-order valence-corrected chi connectivity index (χ2v) is 11.4. The smallest absolute Gasteiger partial charge is 0.265 e. The van der Waals surface area contributed by atoms with E-state index in [9.17, 15) is 9.90 Å². The molecular formula is C30H33N7O2S. The number of amides is 1. The fraction of sp³-hybridized carbons (Fsp3) is 0.333. The third-order valence-corrected chi connectivity index (χ3v) is 8.76. The number of piperazine rings is 1. The van der Waals surface area contributed by atoms with Crippen LogP contribution in [0.2, 0.25) is 0 Å². The molecule has 2 aliphatic rings. The molecule has 3 heterocycles. The van der Waals surface area contributed by atoms with Gasteiger partial charge in [0.1, 0.15) is 5.82 Å². The Balaban J connectivity index is 1.23. The molecule has 1 amide bonds. The zero-order valence-corrected chi connectivity index (χ0v) is 23.1. The van der Waals surface area contributed by atoms with Crippen molar-refractivity contribution in [3.8, 4) is 11.4 Å². The first-order chi connectivity index (χ1) is 19.6. The van der Waals surface area contributed by atoms with E-state index in [0.717, 1.165) is 44.6 Å². The van der Waals surface area contributed by atoms with Gasteiger partial charge in [-0.25, -0.2) is 4.98 Å². The Hall–Kier alpha value is -3.86. The van der Waals surface area contributed by atoms with Crippen molar-refractivity contribution < 1.29 is 9.90 Å². The lowest BCUT2D eigenvalue weighted by Crippen LogP contribution is -2.43. The normalized spacial score (nSPS) is 15.1. The molecule has 5 N–H and O–H groups in total. The molecule has 1 saturated heterocycles. The van der Waals surface area contributed by atoms with Crippen LogP contribution >= 0.6 is 11.3 Å². The number of nitrogen functional groups attached to an aromatic ring is 1. The predicted octanol–water partition coefficient (Wildman–Crippen LogP) is 3.81. The molecule has 0 saturated carbocycles. The number of nitrogens with one attached hydrogen (secondary N) is 2. The first-order valence-corrected chi connectivity index (χ1v) is 14.6. The van der Waals surface area contributed by atoms with Gasteiger partial charge in [0.15, 0.2) is 5.82 Å². The molecule has 2 aromatic carbocycles. The number of rotatable bonds is 7. The van der Waals surface area contributed by atoms with Crippen LogP contribution in [0, 0.1) is 0 Å². The minimum atomic E-state index is -0.291. The third kappa shape index (κ3) is 5.70. The molecule has 9 nitrogen and oxygen atoms in total. The Bertz CT molecular complexity index is 1490. The number of benzene rings is 2. The molecule has 2 aromatic heterocycles. The largest absolute Gasteiger partial charge is 0.392 e. The molecule has 40 heavy (non-hydrogen) atoms. The summed E-state index contributed by atoms with van der Waals surface area (Å²) in [5, 5.41) is 16.7. The van der Waals surface area contributed by atoms with E-state index >= 15 is 0 Å². The van der Waals surface area contributed by atoms with Crippen LogP contribution in [0.3, 0.4) is 0 Å². The average molecular weight is 556 g/mol. The number of hydrogen-bond acceptors (Lipinski definition) is 9. The van der Waals surface area contributed by atoms with Crippen molar-refractivity contribution in [2.75, 3.05) is 42.1 Å². The minimum Gasteiger partial charge on any atom is -0.392 e. The van der Waals surface area contributed by atoms with E-state index in [4.69, 9.17) is 10.7 Å². The Kier molecular flexibility index (Phi) is 7.72. The number of carbonyl (C=O) groups excluding carboxylic acids is 1. The summed E-state index contributed by atoms with van der Waals surface area (Å²) in [7, 11) is 0. The number of thiophene rings is 1. The quantitative estimate of drug-likeness (QED) is 0.271. The summed E-state index contributed by atoms with van der Waals surface area (Å²) in [5.74, 6) is 0.845. The van der Waals surface area contributed by atoms with Gasteiger partial charge in [0.2, 0.25) is 5.95 Å². The van der Waals surface area contributed by atoms with Crippen molar-refractivity contribution in [1.82, 2.24) is 20.3 Å². The van der Waals surface area contributed by atoms with Crippen LogP contribution in [-0.4, -0.2) is 52.1 Å². The number of nitrogens with zero attached hydrogens (tertiary/aromatic N) is 4. The highest BCUT2D eigenvalue weighted by molar-refractivity contribution is 7.14. The van der Waals surface area contributed by atoms with Crippen LogP contribution in [0.1, 0.15) is 49.9 Å². The highest BCUT2D eigenvalue weighted by Gasteiger charge is 2.20. The number of fused-ring (bicyclic) bond motifs is 1. The van der Waals surface area contributed by atoms with E-state index in [0.29, 0.717) is 39.8 Å². The Morgan fingerprint density at radius 3 is 2.62 bits per heavy atom. The highest BCUT2D eigenvalue weighted by atomic mass is 32.1. The maximum Gasteiger partial charge on any atom is 0.265 e. The highest BCUT2D eigenvalue weighted by Crippen LogP contribution is 2.32. The molecule has 206 valence electrons. The van der Waals surface area contributed by atoms with Crippen LogP contribution in [0.25, 0.3) is 11.4 Å². The topological polar surface area (TPSA) is 129 Å². The zero-order valence-electron chi connectivity index (χ0n) is 22.3.